The van der Waals surface area contributed by atoms with E-state index in [0.717, 1.165) is 23.7 Å². The minimum atomic E-state index is -0.878. The highest BCUT2D eigenvalue weighted by molar-refractivity contribution is 7.10. The van der Waals surface area contributed by atoms with Crippen LogP contribution >= 0.6 is 11.3 Å². The Bertz CT molecular complexity index is 535. The maximum Gasteiger partial charge on any atom is 0.336 e. The largest absolute Gasteiger partial charge is 0.478 e. The Morgan fingerprint density at radius 1 is 1.61 bits per heavy atom. The molecule has 0 aliphatic heterocycles. The fourth-order valence-corrected chi connectivity index (χ4v) is 2.36. The van der Waals surface area contributed by atoms with Gasteiger partial charge in [-0.3, -0.25) is 0 Å². The second-order valence-corrected chi connectivity index (χ2v) is 4.89. The second kappa shape index (κ2) is 5.74. The monoisotopic (exact) mass is 266 g/mol. The summed E-state index contributed by atoms with van der Waals surface area (Å²) in [7, 11) is 1.91. The molecule has 0 aliphatic rings. The van der Waals surface area contributed by atoms with Gasteiger partial charge in [0.15, 0.2) is 0 Å². The SMILES string of the molecule is Cn1cnnc1CCNCc1cc(C(=O)O)cs1. The lowest BCUT2D eigenvalue weighted by Crippen LogP contribution is -2.17. The van der Waals surface area contributed by atoms with Crippen LogP contribution in [0.3, 0.4) is 0 Å². The predicted octanol–water partition coefficient (Wildman–Crippen LogP) is 0.907. The normalized spacial score (nSPS) is 10.7. The number of thiophene rings is 1. The van der Waals surface area contributed by atoms with Gasteiger partial charge in [0.25, 0.3) is 0 Å². The van der Waals surface area contributed by atoms with Gasteiger partial charge in [-0.25, -0.2) is 4.79 Å². The molecule has 0 saturated carbocycles. The minimum Gasteiger partial charge on any atom is -0.478 e. The standard InChI is InChI=1S/C11H14N4O2S/c1-15-7-13-14-10(15)2-3-12-5-9-4-8(6-18-9)11(16)17/h4,6-7,12H,2-3,5H2,1H3,(H,16,17). The third-order valence-electron chi connectivity index (χ3n) is 2.53. The molecule has 96 valence electrons. The maximum absolute atomic E-state index is 10.7. The van der Waals surface area contributed by atoms with Crippen LogP contribution in [0, 0.1) is 0 Å². The topological polar surface area (TPSA) is 80.0 Å². The molecule has 0 aromatic carbocycles. The molecule has 2 heterocycles. The van der Waals surface area contributed by atoms with Crippen LogP contribution in [0.5, 0.6) is 0 Å². The van der Waals surface area contributed by atoms with E-state index in [1.807, 2.05) is 11.6 Å². The van der Waals surface area contributed by atoms with Gasteiger partial charge < -0.3 is 15.0 Å². The molecule has 2 N–H and O–H groups in total. The van der Waals surface area contributed by atoms with Gasteiger partial charge in [-0.15, -0.1) is 21.5 Å². The van der Waals surface area contributed by atoms with E-state index in [-0.39, 0.29) is 0 Å². The maximum atomic E-state index is 10.7. The van der Waals surface area contributed by atoms with Crippen molar-refractivity contribution in [3.05, 3.63) is 34.0 Å². The van der Waals surface area contributed by atoms with E-state index in [0.29, 0.717) is 12.1 Å². The molecule has 0 spiro atoms. The van der Waals surface area contributed by atoms with E-state index < -0.39 is 5.97 Å². The molecular formula is C11H14N4O2S. The number of hydrogen-bond acceptors (Lipinski definition) is 5. The lowest BCUT2D eigenvalue weighted by molar-refractivity contribution is 0.0697. The van der Waals surface area contributed by atoms with Crippen molar-refractivity contribution in [3.63, 3.8) is 0 Å². The van der Waals surface area contributed by atoms with Crippen LogP contribution in [0.1, 0.15) is 21.1 Å². The number of aromatic nitrogens is 3. The smallest absolute Gasteiger partial charge is 0.336 e. The van der Waals surface area contributed by atoms with Gasteiger partial charge in [0.1, 0.15) is 12.2 Å². The molecule has 2 aromatic heterocycles. The molecule has 2 aromatic rings. The molecular weight excluding hydrogens is 252 g/mol. The molecule has 0 saturated heterocycles. The number of carboxylic acids is 1. The number of nitrogens with one attached hydrogen (secondary N) is 1. The summed E-state index contributed by atoms with van der Waals surface area (Å²) in [6, 6.07) is 1.70. The van der Waals surface area contributed by atoms with Gasteiger partial charge in [-0.1, -0.05) is 0 Å². The Morgan fingerprint density at radius 3 is 3.06 bits per heavy atom. The lowest BCUT2D eigenvalue weighted by Gasteiger charge is -2.02. The molecule has 0 radical (unpaired) electrons. The Balaban J connectivity index is 1.75. The van der Waals surface area contributed by atoms with E-state index in [1.54, 1.807) is 17.8 Å². The quantitative estimate of drug-likeness (QED) is 0.760. The number of aromatic carboxylic acids is 1. The average Bonchev–Trinajstić information content (AvgIpc) is 2.94. The zero-order valence-corrected chi connectivity index (χ0v) is 10.8. The van der Waals surface area contributed by atoms with Crippen molar-refractivity contribution in [2.45, 2.75) is 13.0 Å². The van der Waals surface area contributed by atoms with Gasteiger partial charge in [0.2, 0.25) is 0 Å². The van der Waals surface area contributed by atoms with E-state index in [1.165, 1.54) is 11.3 Å². The van der Waals surface area contributed by atoms with Crippen LogP contribution in [0.15, 0.2) is 17.8 Å². The molecule has 0 unspecified atom stereocenters. The zero-order chi connectivity index (χ0) is 13.0. The summed E-state index contributed by atoms with van der Waals surface area (Å²) >= 11 is 1.45. The van der Waals surface area contributed by atoms with E-state index in [4.69, 9.17) is 5.11 Å². The highest BCUT2D eigenvalue weighted by atomic mass is 32.1. The third kappa shape index (κ3) is 3.14. The van der Waals surface area contributed by atoms with Crippen LogP contribution in [0.2, 0.25) is 0 Å². The Kier molecular flexibility index (Phi) is 4.06. The first-order valence-corrected chi connectivity index (χ1v) is 6.39. The van der Waals surface area contributed by atoms with Gasteiger partial charge in [0, 0.05) is 36.8 Å². The van der Waals surface area contributed by atoms with Crippen molar-refractivity contribution in [3.8, 4) is 0 Å². The van der Waals surface area contributed by atoms with Crippen LogP contribution < -0.4 is 5.32 Å². The van der Waals surface area contributed by atoms with Crippen molar-refractivity contribution < 1.29 is 9.90 Å². The fourth-order valence-electron chi connectivity index (χ4n) is 1.53. The summed E-state index contributed by atoms with van der Waals surface area (Å²) < 4.78 is 1.88. The van der Waals surface area contributed by atoms with Gasteiger partial charge in [-0.05, 0) is 6.07 Å². The van der Waals surface area contributed by atoms with Crippen LogP contribution in [0.4, 0.5) is 0 Å². The van der Waals surface area contributed by atoms with Crippen LogP contribution in [-0.4, -0.2) is 32.4 Å². The Hall–Kier alpha value is -1.73. The molecule has 18 heavy (non-hydrogen) atoms. The summed E-state index contributed by atoms with van der Waals surface area (Å²) in [5.74, 6) is 0.0523. The first-order valence-electron chi connectivity index (χ1n) is 5.51. The Morgan fingerprint density at radius 2 is 2.44 bits per heavy atom. The molecule has 0 amide bonds. The number of nitrogens with zero attached hydrogens (tertiary/aromatic N) is 3. The molecule has 0 fully saturated rings. The van der Waals surface area contributed by atoms with Crippen molar-refractivity contribution >= 4 is 17.3 Å². The highest BCUT2D eigenvalue weighted by Gasteiger charge is 2.06. The molecule has 6 nitrogen and oxygen atoms in total. The number of rotatable bonds is 6. The Labute approximate surface area is 108 Å². The summed E-state index contributed by atoms with van der Waals surface area (Å²) in [5, 5.41) is 21.5. The number of aryl methyl sites for hydroxylation is 1. The van der Waals surface area contributed by atoms with E-state index in [9.17, 15) is 4.79 Å². The fraction of sp³-hybridized carbons (Fsp3) is 0.364. The lowest BCUT2D eigenvalue weighted by atomic mass is 10.3. The second-order valence-electron chi connectivity index (χ2n) is 3.89. The van der Waals surface area contributed by atoms with Gasteiger partial charge in [-0.2, -0.15) is 0 Å². The van der Waals surface area contributed by atoms with E-state index in [2.05, 4.69) is 15.5 Å². The molecule has 0 aliphatic carbocycles. The predicted molar refractivity (Wildman–Crippen MR) is 67.7 cm³/mol. The summed E-state index contributed by atoms with van der Waals surface area (Å²) in [4.78, 5) is 11.7. The van der Waals surface area contributed by atoms with E-state index >= 15 is 0 Å². The number of hydrogen-bond donors (Lipinski definition) is 2. The van der Waals surface area contributed by atoms with Gasteiger partial charge in [0.05, 0.1) is 5.56 Å². The number of carbonyl (C=O) groups is 1. The molecule has 7 heteroatoms. The highest BCUT2D eigenvalue weighted by Crippen LogP contribution is 2.14. The third-order valence-corrected chi connectivity index (χ3v) is 3.47. The van der Waals surface area contributed by atoms with Crippen LogP contribution in [0.25, 0.3) is 0 Å². The minimum absolute atomic E-state index is 0.352. The first kappa shape index (κ1) is 12.7. The van der Waals surface area contributed by atoms with Crippen molar-refractivity contribution in [2.75, 3.05) is 6.54 Å². The number of carboxylic acid groups (broad SMARTS) is 1. The van der Waals surface area contributed by atoms with Crippen molar-refractivity contribution in [1.29, 1.82) is 0 Å². The van der Waals surface area contributed by atoms with Crippen molar-refractivity contribution in [1.82, 2.24) is 20.1 Å². The molecule has 0 atom stereocenters. The first-order chi connectivity index (χ1) is 8.66. The summed E-state index contributed by atoms with van der Waals surface area (Å²) in [6.07, 6.45) is 2.47. The zero-order valence-electron chi connectivity index (χ0n) is 9.96. The molecule has 2 rings (SSSR count). The summed E-state index contributed by atoms with van der Waals surface area (Å²) in [5.41, 5.74) is 0.352. The van der Waals surface area contributed by atoms with Gasteiger partial charge >= 0.3 is 5.97 Å². The van der Waals surface area contributed by atoms with Crippen molar-refractivity contribution in [2.24, 2.45) is 7.05 Å². The average molecular weight is 266 g/mol. The summed E-state index contributed by atoms with van der Waals surface area (Å²) in [6.45, 7) is 1.46. The molecule has 0 bridgehead atoms. The van der Waals surface area contributed by atoms with Crippen LogP contribution in [-0.2, 0) is 20.0 Å².